The molecule has 53 heavy (non-hydrogen) atoms. The van der Waals surface area contributed by atoms with Crippen LogP contribution in [0.4, 0.5) is 14.6 Å². The average molecular weight is 767 g/mol. The van der Waals surface area contributed by atoms with Gasteiger partial charge in [0.1, 0.15) is 36.7 Å². The van der Waals surface area contributed by atoms with Gasteiger partial charge in [0.15, 0.2) is 12.6 Å². The van der Waals surface area contributed by atoms with Gasteiger partial charge in [0, 0.05) is 37.6 Å². The van der Waals surface area contributed by atoms with Gasteiger partial charge >= 0.3 is 0 Å². The Hall–Kier alpha value is -3.74. The van der Waals surface area contributed by atoms with E-state index in [1.807, 2.05) is 4.90 Å². The molecule has 0 saturated carbocycles. The summed E-state index contributed by atoms with van der Waals surface area (Å²) in [6, 6.07) is 5.77. The zero-order valence-corrected chi connectivity index (χ0v) is 33.4. The van der Waals surface area contributed by atoms with Crippen LogP contribution in [0, 0.1) is 23.1 Å². The van der Waals surface area contributed by atoms with Gasteiger partial charge in [-0.25, -0.2) is 32.2 Å². The minimum absolute atomic E-state index is 0.0884. The van der Waals surface area contributed by atoms with E-state index in [0.29, 0.717) is 36.1 Å². The first-order valence-corrected chi connectivity index (χ1v) is 22.1. The van der Waals surface area contributed by atoms with Gasteiger partial charge in [-0.3, -0.25) is 0 Å². The Kier molecular flexibility index (Phi) is 11.2. The highest BCUT2D eigenvalue weighted by Gasteiger charge is 2.42. The van der Waals surface area contributed by atoms with Crippen LogP contribution in [0.25, 0.3) is 32.9 Å². The second-order valence-corrected chi connectivity index (χ2v) is 22.6. The van der Waals surface area contributed by atoms with Crippen LogP contribution < -0.4 is 9.64 Å². The molecule has 2 aliphatic rings. The number of hydrogen-bond donors (Lipinski definition) is 1. The number of nitrogens with zero attached hydrogens (tertiary/aromatic N) is 4. The van der Waals surface area contributed by atoms with E-state index < -0.39 is 46.8 Å². The third-order valence-corrected chi connectivity index (χ3v) is 18.7. The van der Waals surface area contributed by atoms with Crippen molar-refractivity contribution in [2.24, 2.45) is 0 Å². The number of pyridine rings is 1. The molecule has 0 bridgehead atoms. The van der Waals surface area contributed by atoms with Crippen molar-refractivity contribution in [3.63, 3.8) is 0 Å². The Morgan fingerprint density at radius 3 is 2.43 bits per heavy atom. The number of sulfone groups is 1. The van der Waals surface area contributed by atoms with E-state index in [1.165, 1.54) is 20.1 Å². The molecule has 4 aromatic rings. The predicted octanol–water partition coefficient (Wildman–Crippen LogP) is 7.50. The third-order valence-electron chi connectivity index (χ3n) is 10.9. The highest BCUT2D eigenvalue weighted by atomic mass is 32.2. The molecule has 4 heterocycles. The van der Waals surface area contributed by atoms with E-state index in [4.69, 9.17) is 19.2 Å². The Bertz CT molecular complexity index is 2200. The maximum absolute atomic E-state index is 17.5. The lowest BCUT2D eigenvalue weighted by atomic mass is 9.95. The van der Waals surface area contributed by atoms with Crippen LogP contribution in [0.15, 0.2) is 29.4 Å². The van der Waals surface area contributed by atoms with Crippen molar-refractivity contribution in [3.8, 4) is 28.5 Å². The lowest BCUT2D eigenvalue weighted by molar-refractivity contribution is 0.0512. The minimum atomic E-state index is -4.01. The Morgan fingerprint density at radius 2 is 1.77 bits per heavy atom. The van der Waals surface area contributed by atoms with E-state index in [1.54, 1.807) is 18.2 Å². The van der Waals surface area contributed by atoms with Gasteiger partial charge < -0.3 is 24.2 Å². The van der Waals surface area contributed by atoms with E-state index in [0.717, 1.165) is 0 Å². The predicted molar refractivity (Wildman–Crippen MR) is 204 cm³/mol. The maximum Gasteiger partial charge on any atom is 0.249 e. The average Bonchev–Trinajstić information content (AvgIpc) is 3.41. The summed E-state index contributed by atoms with van der Waals surface area (Å²) < 4.78 is 77.2. The lowest BCUT2D eigenvalue weighted by Crippen LogP contribution is -2.43. The molecule has 2 aromatic heterocycles. The normalized spacial score (nSPS) is 18.0. The first-order valence-electron chi connectivity index (χ1n) is 18.2. The monoisotopic (exact) mass is 766 g/mol. The molecule has 6 rings (SSSR count). The van der Waals surface area contributed by atoms with E-state index in [9.17, 15) is 13.5 Å². The van der Waals surface area contributed by atoms with Crippen molar-refractivity contribution in [2.45, 2.75) is 95.2 Å². The highest BCUT2D eigenvalue weighted by molar-refractivity contribution is 7.91. The number of halogens is 2. The quantitative estimate of drug-likeness (QED) is 0.0793. The summed E-state index contributed by atoms with van der Waals surface area (Å²) in [6.45, 7) is 15.5. The third kappa shape index (κ3) is 6.91. The molecule has 0 spiro atoms. The molecule has 0 unspecified atom stereocenters. The number of aromatic nitrogens is 3. The van der Waals surface area contributed by atoms with Gasteiger partial charge in [-0.15, -0.1) is 5.54 Å². The Labute approximate surface area is 311 Å². The molecule has 2 aromatic carbocycles. The summed E-state index contributed by atoms with van der Waals surface area (Å²) in [7, 11) is -4.89. The van der Waals surface area contributed by atoms with Crippen molar-refractivity contribution in [3.05, 3.63) is 47.2 Å². The maximum atomic E-state index is 17.5. The first-order chi connectivity index (χ1) is 25.2. The van der Waals surface area contributed by atoms with Crippen LogP contribution in [0.2, 0.25) is 16.6 Å². The van der Waals surface area contributed by atoms with Gasteiger partial charge in [0.05, 0.1) is 41.1 Å². The van der Waals surface area contributed by atoms with Gasteiger partial charge in [0.2, 0.25) is 15.0 Å². The number of rotatable bonds is 9. The SMILES string of the molecule is CCS(=O)(=O)c1nc2c3c(nc(-c4cc(OCOC)cc5ccc(F)c(C#C[Si](C(C)C)(C(C)C)C(C)C)c45)c(F)c3n1)[C@@H](O)C[C@H]1COCCCN21. The fourth-order valence-corrected chi connectivity index (χ4v) is 14.2. The Balaban J connectivity index is 1.74. The van der Waals surface area contributed by atoms with Gasteiger partial charge in [0.25, 0.3) is 0 Å². The molecule has 14 heteroatoms. The van der Waals surface area contributed by atoms with Crippen LogP contribution in [0.1, 0.15) is 78.7 Å². The minimum Gasteiger partial charge on any atom is -0.468 e. The van der Waals surface area contributed by atoms with Crippen molar-refractivity contribution in [1.29, 1.82) is 0 Å². The van der Waals surface area contributed by atoms with Gasteiger partial charge in [-0.2, -0.15) is 0 Å². The first kappa shape index (κ1) is 39.0. The molecule has 0 aliphatic carbocycles. The molecule has 0 radical (unpaired) electrons. The number of benzene rings is 2. The smallest absolute Gasteiger partial charge is 0.249 e. The summed E-state index contributed by atoms with van der Waals surface area (Å²) in [5.74, 6) is 1.91. The number of hydrogen-bond acceptors (Lipinski definition) is 10. The van der Waals surface area contributed by atoms with Gasteiger partial charge in [-0.05, 0) is 46.6 Å². The summed E-state index contributed by atoms with van der Waals surface area (Å²) >= 11 is 0. The zero-order chi connectivity index (χ0) is 38.4. The van der Waals surface area contributed by atoms with Crippen molar-refractivity contribution in [2.75, 3.05) is 44.3 Å². The van der Waals surface area contributed by atoms with E-state index in [2.05, 4.69) is 63.0 Å². The van der Waals surface area contributed by atoms with Crippen LogP contribution in [0.5, 0.6) is 5.75 Å². The van der Waals surface area contributed by atoms with Crippen LogP contribution in [-0.4, -0.2) is 82.0 Å². The molecule has 2 atom stereocenters. The second-order valence-electron chi connectivity index (χ2n) is 14.8. The standard InChI is InChI=1S/C39H48F2N4O6SSi/c1-9-52(47,48)39-43-37-33-36(31(46)18-26-20-50-15-10-14-45(26)38(33)44-39)42-35(34(37)41)29-19-27(51-21-49-8)17-25-11-12-30(40)28(32(25)29)13-16-53(22(2)3,23(4)5)24(6)7/h11-12,17,19,22-24,26,31,46H,9-10,14-15,18,20-21H2,1-8H3/t26-,31-/m0/s1. The second kappa shape index (κ2) is 15.2. The molecule has 1 N–H and O–H groups in total. The van der Waals surface area contributed by atoms with Crippen molar-refractivity contribution >= 4 is 45.4 Å². The zero-order valence-electron chi connectivity index (χ0n) is 31.6. The van der Waals surface area contributed by atoms with Crippen LogP contribution >= 0.6 is 0 Å². The van der Waals surface area contributed by atoms with Gasteiger partial charge in [-0.1, -0.05) is 60.5 Å². The highest BCUT2D eigenvalue weighted by Crippen LogP contribution is 2.45. The number of fused-ring (bicyclic) bond motifs is 3. The lowest BCUT2D eigenvalue weighted by Gasteiger charge is -2.38. The number of ether oxygens (including phenoxy) is 3. The molecule has 1 fully saturated rings. The summed E-state index contributed by atoms with van der Waals surface area (Å²) in [5, 5.41) is 12.2. The summed E-state index contributed by atoms with van der Waals surface area (Å²) in [5.41, 5.74) is 4.19. The summed E-state index contributed by atoms with van der Waals surface area (Å²) in [4.78, 5) is 15.5. The molecule has 1 saturated heterocycles. The molecular formula is C39H48F2N4O6SSi. The fourth-order valence-electron chi connectivity index (χ4n) is 8.27. The molecule has 0 amide bonds. The number of methoxy groups -OCH3 is 1. The molecule has 2 aliphatic heterocycles. The van der Waals surface area contributed by atoms with E-state index >= 15 is 8.78 Å². The van der Waals surface area contributed by atoms with Crippen molar-refractivity contribution in [1.82, 2.24) is 15.0 Å². The molecule has 10 nitrogen and oxygen atoms in total. The topological polar surface area (TPSA) is 124 Å². The molecule has 284 valence electrons. The number of aliphatic hydroxyl groups is 1. The molecular weight excluding hydrogens is 719 g/mol. The Morgan fingerprint density at radius 1 is 1.06 bits per heavy atom. The fraction of sp³-hybridized carbons (Fsp3) is 0.513. The summed E-state index contributed by atoms with van der Waals surface area (Å²) in [6.07, 6.45) is -0.439. The van der Waals surface area contributed by atoms with Crippen LogP contribution in [-0.2, 0) is 19.3 Å². The number of aliphatic hydroxyl groups excluding tert-OH is 1. The number of anilines is 1. The van der Waals surface area contributed by atoms with E-state index in [-0.39, 0.29) is 81.4 Å². The van der Waals surface area contributed by atoms with Crippen LogP contribution in [0.3, 0.4) is 0 Å². The largest absolute Gasteiger partial charge is 0.468 e. The van der Waals surface area contributed by atoms with Crippen molar-refractivity contribution < 1.29 is 36.5 Å².